The van der Waals surface area contributed by atoms with Crippen molar-refractivity contribution in [1.82, 2.24) is 0 Å². The maximum Gasteiger partial charge on any atom is 0.133 e. The summed E-state index contributed by atoms with van der Waals surface area (Å²) in [6.07, 6.45) is 1.03. The zero-order valence-corrected chi connectivity index (χ0v) is 13.4. The first-order valence-electron chi connectivity index (χ1n) is 5.84. The van der Waals surface area contributed by atoms with Gasteiger partial charge in [-0.2, -0.15) is 11.8 Å². The Morgan fingerprint density at radius 2 is 1.94 bits per heavy atom. The summed E-state index contributed by atoms with van der Waals surface area (Å²) in [6.45, 7) is 2.93. The molecule has 0 radical (unpaired) electrons. The number of ether oxygens (including phenoxy) is 2. The Hall–Kier alpha value is -0.390. The molecule has 0 aliphatic rings. The first-order chi connectivity index (χ1) is 8.62. The van der Waals surface area contributed by atoms with Crippen molar-refractivity contribution in [2.75, 3.05) is 20.8 Å². The van der Waals surface area contributed by atoms with Crippen molar-refractivity contribution in [2.24, 2.45) is 5.73 Å². The molecule has 0 aromatic heterocycles. The van der Waals surface area contributed by atoms with Crippen LogP contribution in [0.5, 0.6) is 11.5 Å². The molecule has 1 aromatic rings. The van der Waals surface area contributed by atoms with Gasteiger partial charge >= 0.3 is 0 Å². The van der Waals surface area contributed by atoms with E-state index in [4.69, 9.17) is 15.2 Å². The van der Waals surface area contributed by atoms with Crippen molar-refractivity contribution >= 4 is 27.7 Å². The molecule has 0 aliphatic carbocycles. The molecule has 0 bridgehead atoms. The largest absolute Gasteiger partial charge is 0.496 e. The first kappa shape index (κ1) is 15.7. The van der Waals surface area contributed by atoms with Gasteiger partial charge < -0.3 is 15.2 Å². The number of benzene rings is 1. The molecule has 1 aromatic carbocycles. The van der Waals surface area contributed by atoms with E-state index in [1.54, 1.807) is 14.2 Å². The van der Waals surface area contributed by atoms with Crippen LogP contribution in [0.4, 0.5) is 0 Å². The number of hydrogen-bond acceptors (Lipinski definition) is 4. The molecule has 0 amide bonds. The van der Waals surface area contributed by atoms with Crippen LogP contribution in [0.15, 0.2) is 16.6 Å². The summed E-state index contributed by atoms with van der Waals surface area (Å²) in [5.74, 6) is 2.61. The fraction of sp³-hybridized carbons (Fsp3) is 0.538. The van der Waals surface area contributed by atoms with Crippen LogP contribution >= 0.6 is 27.7 Å². The standard InChI is InChI=1S/C13H20BrNO2S/c1-9(4-5-15)18-8-10-6-13(17-3)11(14)7-12(10)16-2/h6-7,9H,4-5,8,15H2,1-3H3. The van der Waals surface area contributed by atoms with E-state index >= 15 is 0 Å². The van der Waals surface area contributed by atoms with Crippen LogP contribution in [0.1, 0.15) is 18.9 Å². The van der Waals surface area contributed by atoms with Gasteiger partial charge in [0.2, 0.25) is 0 Å². The van der Waals surface area contributed by atoms with Crippen molar-refractivity contribution in [3.8, 4) is 11.5 Å². The number of halogens is 1. The van der Waals surface area contributed by atoms with Crippen LogP contribution in [0.3, 0.4) is 0 Å². The number of thioether (sulfide) groups is 1. The minimum atomic E-state index is 0.550. The highest BCUT2D eigenvalue weighted by Crippen LogP contribution is 2.35. The summed E-state index contributed by atoms with van der Waals surface area (Å²) in [4.78, 5) is 0. The lowest BCUT2D eigenvalue weighted by atomic mass is 10.2. The minimum Gasteiger partial charge on any atom is -0.496 e. The molecule has 102 valence electrons. The monoisotopic (exact) mass is 333 g/mol. The van der Waals surface area contributed by atoms with Crippen molar-refractivity contribution in [3.63, 3.8) is 0 Å². The normalized spacial score (nSPS) is 12.3. The Morgan fingerprint density at radius 1 is 1.28 bits per heavy atom. The van der Waals surface area contributed by atoms with E-state index in [2.05, 4.69) is 22.9 Å². The molecule has 1 unspecified atom stereocenters. The van der Waals surface area contributed by atoms with Crippen LogP contribution in [0, 0.1) is 0 Å². The van der Waals surface area contributed by atoms with Crippen molar-refractivity contribution < 1.29 is 9.47 Å². The van der Waals surface area contributed by atoms with Crippen molar-refractivity contribution in [2.45, 2.75) is 24.3 Å². The molecule has 0 heterocycles. The summed E-state index contributed by atoms with van der Waals surface area (Å²) in [5.41, 5.74) is 6.70. The molecule has 1 rings (SSSR count). The molecule has 2 N–H and O–H groups in total. The number of nitrogens with two attached hydrogens (primary N) is 1. The summed E-state index contributed by atoms with van der Waals surface area (Å²) in [5, 5.41) is 0.550. The van der Waals surface area contributed by atoms with Gasteiger partial charge in [0.1, 0.15) is 11.5 Å². The second kappa shape index (κ2) is 7.92. The molecular formula is C13H20BrNO2S. The average molecular weight is 334 g/mol. The highest BCUT2D eigenvalue weighted by Gasteiger charge is 2.11. The molecule has 0 aliphatic heterocycles. The number of rotatable bonds is 7. The zero-order chi connectivity index (χ0) is 13.5. The van der Waals surface area contributed by atoms with Gasteiger partial charge in [-0.1, -0.05) is 6.92 Å². The first-order valence-corrected chi connectivity index (χ1v) is 7.68. The van der Waals surface area contributed by atoms with Gasteiger partial charge in [-0.25, -0.2) is 0 Å². The lowest BCUT2D eigenvalue weighted by molar-refractivity contribution is 0.398. The SMILES string of the molecule is COc1cc(CSC(C)CCN)c(OC)cc1Br. The summed E-state index contributed by atoms with van der Waals surface area (Å²) < 4.78 is 11.6. The van der Waals surface area contributed by atoms with E-state index in [9.17, 15) is 0 Å². The average Bonchev–Trinajstić information content (AvgIpc) is 2.37. The van der Waals surface area contributed by atoms with E-state index < -0.39 is 0 Å². The van der Waals surface area contributed by atoms with Crippen LogP contribution < -0.4 is 15.2 Å². The summed E-state index contributed by atoms with van der Waals surface area (Å²) >= 11 is 5.34. The molecule has 0 fully saturated rings. The Labute approximate surface area is 122 Å². The molecule has 0 saturated carbocycles. The molecular weight excluding hydrogens is 314 g/mol. The second-order valence-electron chi connectivity index (χ2n) is 4.00. The Kier molecular flexibility index (Phi) is 6.89. The topological polar surface area (TPSA) is 44.5 Å². The van der Waals surface area contributed by atoms with Gasteiger partial charge in [0.05, 0.1) is 18.7 Å². The van der Waals surface area contributed by atoms with Gasteiger partial charge in [-0.05, 0) is 41.0 Å². The highest BCUT2D eigenvalue weighted by molar-refractivity contribution is 9.10. The van der Waals surface area contributed by atoms with E-state index in [0.717, 1.165) is 40.3 Å². The van der Waals surface area contributed by atoms with Gasteiger partial charge in [0.25, 0.3) is 0 Å². The molecule has 0 saturated heterocycles. The van der Waals surface area contributed by atoms with Gasteiger partial charge in [0, 0.05) is 16.6 Å². The van der Waals surface area contributed by atoms with E-state index in [0.29, 0.717) is 5.25 Å². The van der Waals surface area contributed by atoms with E-state index in [1.807, 2.05) is 23.9 Å². The van der Waals surface area contributed by atoms with Gasteiger partial charge in [-0.3, -0.25) is 0 Å². The fourth-order valence-corrected chi connectivity index (χ4v) is 3.06. The fourth-order valence-electron chi connectivity index (χ4n) is 1.59. The summed E-state index contributed by atoms with van der Waals surface area (Å²) in [6, 6.07) is 3.97. The Balaban J connectivity index is 2.79. The summed E-state index contributed by atoms with van der Waals surface area (Å²) in [7, 11) is 3.35. The third-order valence-electron chi connectivity index (χ3n) is 2.65. The molecule has 5 heteroatoms. The van der Waals surface area contributed by atoms with Crippen molar-refractivity contribution in [1.29, 1.82) is 0 Å². The van der Waals surface area contributed by atoms with Crippen LogP contribution in [-0.4, -0.2) is 26.0 Å². The van der Waals surface area contributed by atoms with E-state index in [-0.39, 0.29) is 0 Å². The third kappa shape index (κ3) is 4.37. The lowest BCUT2D eigenvalue weighted by Gasteiger charge is -2.14. The molecule has 3 nitrogen and oxygen atoms in total. The second-order valence-corrected chi connectivity index (χ2v) is 6.28. The van der Waals surface area contributed by atoms with Crippen LogP contribution in [-0.2, 0) is 5.75 Å². The zero-order valence-electron chi connectivity index (χ0n) is 11.0. The maximum absolute atomic E-state index is 5.56. The quantitative estimate of drug-likeness (QED) is 0.830. The highest BCUT2D eigenvalue weighted by atomic mass is 79.9. The Bertz CT molecular complexity index is 387. The predicted molar refractivity (Wildman–Crippen MR) is 81.7 cm³/mol. The molecule has 18 heavy (non-hydrogen) atoms. The van der Waals surface area contributed by atoms with Crippen LogP contribution in [0.25, 0.3) is 0 Å². The number of hydrogen-bond donors (Lipinski definition) is 1. The van der Waals surface area contributed by atoms with Gasteiger partial charge in [-0.15, -0.1) is 0 Å². The number of methoxy groups -OCH3 is 2. The Morgan fingerprint density at radius 3 is 2.50 bits per heavy atom. The van der Waals surface area contributed by atoms with Crippen LogP contribution in [0.2, 0.25) is 0 Å². The van der Waals surface area contributed by atoms with E-state index in [1.165, 1.54) is 0 Å². The minimum absolute atomic E-state index is 0.550. The maximum atomic E-state index is 5.56. The van der Waals surface area contributed by atoms with Gasteiger partial charge in [0.15, 0.2) is 0 Å². The predicted octanol–water partition coefficient (Wildman–Crippen LogP) is 3.44. The molecule has 1 atom stereocenters. The lowest BCUT2D eigenvalue weighted by Crippen LogP contribution is -2.07. The smallest absolute Gasteiger partial charge is 0.133 e. The molecule has 0 spiro atoms. The van der Waals surface area contributed by atoms with Crippen molar-refractivity contribution in [3.05, 3.63) is 22.2 Å². The third-order valence-corrected chi connectivity index (χ3v) is 4.55.